The van der Waals surface area contributed by atoms with E-state index in [2.05, 4.69) is 36.6 Å². The van der Waals surface area contributed by atoms with E-state index in [1.807, 2.05) is 0 Å². The van der Waals surface area contributed by atoms with Gasteiger partial charge >= 0.3 is 11.8 Å². The summed E-state index contributed by atoms with van der Waals surface area (Å²) < 4.78 is 6.07. The molecule has 1 heterocycles. The molecule has 1 rings (SSSR count). The van der Waals surface area contributed by atoms with Crippen molar-refractivity contribution in [1.29, 1.82) is 0 Å². The summed E-state index contributed by atoms with van der Waals surface area (Å²) in [6.07, 6.45) is 0. The second-order valence-corrected chi connectivity index (χ2v) is 3.95. The molecule has 0 unspecified atom stereocenters. The number of hydrogen-bond acceptors (Lipinski definition) is 3. The first-order valence-corrected chi connectivity index (χ1v) is 4.86. The molecule has 0 radical (unpaired) electrons. The zero-order valence-electron chi connectivity index (χ0n) is 6.58. The van der Waals surface area contributed by atoms with Gasteiger partial charge in [-0.25, -0.2) is 0 Å². The first kappa shape index (κ1) is 10.5. The summed E-state index contributed by atoms with van der Waals surface area (Å²) in [7, 11) is 0. The number of halogens is 2. The van der Waals surface area contributed by atoms with E-state index in [-0.39, 0.29) is 10.5 Å². The largest absolute Gasteiger partial charge is 0.615 e. The van der Waals surface area contributed by atoms with Crippen molar-refractivity contribution in [2.45, 2.75) is 6.92 Å². The highest BCUT2D eigenvalue weighted by Gasteiger charge is 2.14. The van der Waals surface area contributed by atoms with Crippen molar-refractivity contribution in [3.8, 4) is 5.88 Å². The third kappa shape index (κ3) is 2.67. The molecule has 1 aromatic heterocycles. The zero-order chi connectivity index (χ0) is 10.0. The molecule has 4 nitrogen and oxygen atoms in total. The summed E-state index contributed by atoms with van der Waals surface area (Å²) in [6.45, 7) is 1.23. The number of carbonyl (C=O) groups excluding carboxylic acids is 1. The fourth-order valence-electron chi connectivity index (χ4n) is 0.714. The van der Waals surface area contributed by atoms with E-state index < -0.39 is 5.97 Å². The lowest BCUT2D eigenvalue weighted by Gasteiger charge is -2.04. The molecule has 0 aromatic carbocycles. The maximum Gasteiger partial charge on any atom is 0.389 e. The normalized spacial score (nSPS) is 9.77. The topological polar surface area (TPSA) is 53.2 Å². The standard InChI is InChI=1S/C7H5Br2NO3/c1-4(11)13-7-3-5(8)2-6(9)10(7)12/h2-3H,1H3. The number of ether oxygens (including phenoxy) is 1. The van der Waals surface area contributed by atoms with Gasteiger partial charge in [0.05, 0.1) is 6.07 Å². The molecule has 70 valence electrons. The minimum Gasteiger partial charge on any atom is -0.615 e. The Balaban J connectivity index is 3.12. The lowest BCUT2D eigenvalue weighted by molar-refractivity contribution is -0.622. The van der Waals surface area contributed by atoms with Crippen LogP contribution in [-0.2, 0) is 4.79 Å². The summed E-state index contributed by atoms with van der Waals surface area (Å²) in [5.74, 6) is -0.594. The zero-order valence-corrected chi connectivity index (χ0v) is 9.75. The van der Waals surface area contributed by atoms with Crippen molar-refractivity contribution in [3.05, 3.63) is 26.4 Å². The van der Waals surface area contributed by atoms with Crippen molar-refractivity contribution in [2.75, 3.05) is 0 Å². The van der Waals surface area contributed by atoms with Gasteiger partial charge in [-0.15, -0.1) is 4.73 Å². The molecule has 0 N–H and O–H groups in total. The first-order valence-electron chi connectivity index (χ1n) is 3.27. The van der Waals surface area contributed by atoms with Gasteiger partial charge in [-0.2, -0.15) is 0 Å². The number of rotatable bonds is 1. The lowest BCUT2D eigenvalue weighted by Crippen LogP contribution is -2.31. The summed E-state index contributed by atoms with van der Waals surface area (Å²) in [4.78, 5) is 10.6. The number of hydrogen-bond donors (Lipinski definition) is 0. The molecular formula is C7H5Br2NO3. The van der Waals surface area contributed by atoms with Gasteiger partial charge in [0.25, 0.3) is 4.60 Å². The average molecular weight is 311 g/mol. The van der Waals surface area contributed by atoms with Crippen LogP contribution in [-0.4, -0.2) is 5.97 Å². The van der Waals surface area contributed by atoms with Gasteiger partial charge in [-0.05, 0) is 0 Å². The molecule has 0 saturated heterocycles. The van der Waals surface area contributed by atoms with Gasteiger partial charge in [-0.1, -0.05) is 15.9 Å². The van der Waals surface area contributed by atoms with E-state index in [0.717, 1.165) is 0 Å². The first-order chi connectivity index (χ1) is 6.00. The highest BCUT2D eigenvalue weighted by atomic mass is 79.9. The van der Waals surface area contributed by atoms with Crippen LogP contribution in [0.15, 0.2) is 21.2 Å². The Morgan fingerprint density at radius 3 is 2.69 bits per heavy atom. The summed E-state index contributed by atoms with van der Waals surface area (Å²) in [5, 5.41) is 11.2. The Morgan fingerprint density at radius 1 is 1.54 bits per heavy atom. The van der Waals surface area contributed by atoms with Crippen LogP contribution in [0.2, 0.25) is 0 Å². The van der Waals surface area contributed by atoms with Gasteiger partial charge in [-0.3, -0.25) is 4.79 Å². The van der Waals surface area contributed by atoms with Crippen molar-refractivity contribution in [2.24, 2.45) is 0 Å². The molecule has 1 aromatic rings. The number of aromatic nitrogens is 1. The highest BCUT2D eigenvalue weighted by molar-refractivity contribution is 9.11. The van der Waals surface area contributed by atoms with Crippen molar-refractivity contribution >= 4 is 37.8 Å². The molecule has 0 aliphatic carbocycles. The van der Waals surface area contributed by atoms with E-state index in [1.54, 1.807) is 6.07 Å². The van der Waals surface area contributed by atoms with Crippen LogP contribution in [0.3, 0.4) is 0 Å². The Morgan fingerprint density at radius 2 is 2.15 bits per heavy atom. The number of nitrogens with zero attached hydrogens (tertiary/aromatic N) is 1. The maximum atomic E-state index is 11.2. The predicted molar refractivity (Wildman–Crippen MR) is 52.1 cm³/mol. The Labute approximate surface area is 91.3 Å². The molecule has 0 spiro atoms. The highest BCUT2D eigenvalue weighted by Crippen LogP contribution is 2.19. The van der Waals surface area contributed by atoms with Crippen molar-refractivity contribution in [1.82, 2.24) is 0 Å². The molecule has 13 heavy (non-hydrogen) atoms. The Kier molecular flexibility index (Phi) is 3.27. The van der Waals surface area contributed by atoms with Crippen LogP contribution in [0.25, 0.3) is 0 Å². The van der Waals surface area contributed by atoms with E-state index in [0.29, 0.717) is 9.20 Å². The molecule has 6 heteroatoms. The SMILES string of the molecule is CC(=O)Oc1cc(Br)cc(Br)[n+]1[O-]. The van der Waals surface area contributed by atoms with Crippen LogP contribution in [0.1, 0.15) is 6.92 Å². The van der Waals surface area contributed by atoms with Crippen LogP contribution in [0.5, 0.6) is 5.88 Å². The Bertz CT molecular complexity index is 354. The summed E-state index contributed by atoms with van der Waals surface area (Å²) >= 11 is 6.18. The molecule has 0 bridgehead atoms. The van der Waals surface area contributed by atoms with Crippen LogP contribution >= 0.6 is 31.9 Å². The smallest absolute Gasteiger partial charge is 0.389 e. The minimum absolute atomic E-state index is 0.0613. The maximum absolute atomic E-state index is 11.2. The predicted octanol–water partition coefficient (Wildman–Crippen LogP) is 1.77. The van der Waals surface area contributed by atoms with E-state index >= 15 is 0 Å². The Hall–Kier alpha value is -0.620. The molecule has 0 saturated carbocycles. The fourth-order valence-corrected chi connectivity index (χ4v) is 1.86. The third-order valence-corrected chi connectivity index (χ3v) is 2.17. The van der Waals surface area contributed by atoms with Crippen LogP contribution in [0.4, 0.5) is 0 Å². The van der Waals surface area contributed by atoms with Crippen molar-refractivity contribution in [3.63, 3.8) is 0 Å². The second-order valence-electron chi connectivity index (χ2n) is 2.22. The van der Waals surface area contributed by atoms with Gasteiger partial charge < -0.3 is 9.94 Å². The molecule has 0 fully saturated rings. The molecular weight excluding hydrogens is 306 g/mol. The van der Waals surface area contributed by atoms with Crippen LogP contribution in [0, 0.1) is 5.21 Å². The second kappa shape index (κ2) is 4.06. The van der Waals surface area contributed by atoms with E-state index in [9.17, 15) is 10.0 Å². The molecule has 0 aliphatic heterocycles. The number of carbonyl (C=O) groups is 1. The number of pyridine rings is 1. The lowest BCUT2D eigenvalue weighted by atomic mass is 10.5. The fraction of sp³-hybridized carbons (Fsp3) is 0.143. The molecule has 0 atom stereocenters. The quantitative estimate of drug-likeness (QED) is 0.344. The molecule has 0 amide bonds. The van der Waals surface area contributed by atoms with E-state index in [1.165, 1.54) is 13.0 Å². The van der Waals surface area contributed by atoms with Gasteiger partial charge in [0.1, 0.15) is 0 Å². The third-order valence-electron chi connectivity index (χ3n) is 1.16. The number of esters is 1. The van der Waals surface area contributed by atoms with Gasteiger partial charge in [0.15, 0.2) is 0 Å². The average Bonchev–Trinajstić information content (AvgIpc) is 1.98. The van der Waals surface area contributed by atoms with Gasteiger partial charge in [0, 0.05) is 33.4 Å². The van der Waals surface area contributed by atoms with Crippen molar-refractivity contribution < 1.29 is 14.3 Å². The minimum atomic E-state index is -0.533. The monoisotopic (exact) mass is 309 g/mol. The van der Waals surface area contributed by atoms with Gasteiger partial charge in [0.2, 0.25) is 0 Å². The summed E-state index contributed by atoms with van der Waals surface area (Å²) in [5.41, 5.74) is 0. The summed E-state index contributed by atoms with van der Waals surface area (Å²) in [6, 6.07) is 2.97. The molecule has 0 aliphatic rings. The van der Waals surface area contributed by atoms with Crippen LogP contribution < -0.4 is 9.47 Å². The van der Waals surface area contributed by atoms with E-state index in [4.69, 9.17) is 0 Å².